The molecular formula is C12H12ClN5O4S2. The van der Waals surface area contributed by atoms with Crippen molar-refractivity contribution in [1.82, 2.24) is 26.3 Å². The van der Waals surface area contributed by atoms with Crippen LogP contribution in [0.25, 0.3) is 0 Å². The van der Waals surface area contributed by atoms with E-state index >= 15 is 0 Å². The van der Waals surface area contributed by atoms with Gasteiger partial charge in [-0.05, 0) is 36.5 Å². The first-order valence-electron chi connectivity index (χ1n) is 6.41. The lowest BCUT2D eigenvalue weighted by atomic mass is 10.4. The van der Waals surface area contributed by atoms with E-state index in [0.29, 0.717) is 5.02 Å². The molecule has 0 atom stereocenters. The molecule has 0 unspecified atom stereocenters. The normalized spacial score (nSPS) is 10.9. The van der Waals surface area contributed by atoms with Crippen LogP contribution in [-0.2, 0) is 15.6 Å². The van der Waals surface area contributed by atoms with Gasteiger partial charge in [0.2, 0.25) is 0 Å². The van der Waals surface area contributed by atoms with Crippen molar-refractivity contribution in [1.29, 1.82) is 0 Å². The highest BCUT2D eigenvalue weighted by Gasteiger charge is 2.21. The van der Waals surface area contributed by atoms with Gasteiger partial charge in [0.15, 0.2) is 20.8 Å². The highest BCUT2D eigenvalue weighted by atomic mass is 35.5. The van der Waals surface area contributed by atoms with Crippen LogP contribution in [0.3, 0.4) is 0 Å². The quantitative estimate of drug-likeness (QED) is 0.504. The molecule has 0 fully saturated rings. The Kier molecular flexibility index (Phi) is 5.70. The first-order valence-corrected chi connectivity index (χ1v) is 8.84. The van der Waals surface area contributed by atoms with Gasteiger partial charge in [0, 0.05) is 12.1 Å². The van der Waals surface area contributed by atoms with Gasteiger partial charge in [-0.25, -0.2) is 8.42 Å². The van der Waals surface area contributed by atoms with Crippen molar-refractivity contribution in [3.8, 4) is 0 Å². The molecule has 2 rings (SSSR count). The maximum Gasteiger partial charge on any atom is 0.328 e. The summed E-state index contributed by atoms with van der Waals surface area (Å²) in [6.45, 7) is 0. The molecule has 0 spiro atoms. The lowest BCUT2D eigenvalue weighted by Crippen LogP contribution is -2.45. The van der Waals surface area contributed by atoms with E-state index < -0.39 is 27.4 Å². The molecule has 24 heavy (non-hydrogen) atoms. The van der Waals surface area contributed by atoms with Crippen LogP contribution in [0, 0.1) is 0 Å². The number of rotatable bonds is 4. The number of hydrogen-bond donors (Lipinski definition) is 3. The van der Waals surface area contributed by atoms with Gasteiger partial charge in [-0.2, -0.15) is 4.98 Å². The number of benzene rings is 1. The van der Waals surface area contributed by atoms with Crippen molar-refractivity contribution >= 4 is 44.7 Å². The number of sulfone groups is 1. The van der Waals surface area contributed by atoms with E-state index in [0.717, 1.165) is 0 Å². The van der Waals surface area contributed by atoms with Crippen LogP contribution in [0.4, 0.5) is 0 Å². The Morgan fingerprint density at radius 3 is 2.58 bits per heavy atom. The molecule has 1 aromatic carbocycles. The van der Waals surface area contributed by atoms with E-state index in [-0.39, 0.29) is 15.8 Å². The predicted octanol–water partition coefficient (Wildman–Crippen LogP) is 0.436. The third kappa shape index (κ3) is 4.63. The van der Waals surface area contributed by atoms with Gasteiger partial charge in [0.1, 0.15) is 5.75 Å². The molecule has 0 aliphatic carbocycles. The summed E-state index contributed by atoms with van der Waals surface area (Å²) in [6.07, 6.45) is 0. The first kappa shape index (κ1) is 18.1. The zero-order valence-corrected chi connectivity index (χ0v) is 14.6. The van der Waals surface area contributed by atoms with Crippen molar-refractivity contribution in [2.45, 2.75) is 10.6 Å². The summed E-state index contributed by atoms with van der Waals surface area (Å²) in [6, 6.07) is 5.65. The Morgan fingerprint density at radius 1 is 1.29 bits per heavy atom. The maximum atomic E-state index is 12.2. The van der Waals surface area contributed by atoms with Crippen LogP contribution in [0.15, 0.2) is 33.7 Å². The molecule has 0 bridgehead atoms. The van der Waals surface area contributed by atoms with Crippen molar-refractivity contribution in [3.63, 3.8) is 0 Å². The van der Waals surface area contributed by atoms with Crippen LogP contribution in [0.1, 0.15) is 16.5 Å². The lowest BCUT2D eigenvalue weighted by Gasteiger charge is -2.05. The molecule has 0 saturated heterocycles. The van der Waals surface area contributed by atoms with Gasteiger partial charge in [-0.1, -0.05) is 16.8 Å². The lowest BCUT2D eigenvalue weighted by molar-refractivity contribution is 0.0899. The second-order valence-corrected chi connectivity index (χ2v) is 7.22. The molecule has 1 aromatic heterocycles. The minimum absolute atomic E-state index is 0.0590. The minimum Gasteiger partial charge on any atom is -0.364 e. The molecule has 1 amide bonds. The van der Waals surface area contributed by atoms with E-state index in [9.17, 15) is 13.2 Å². The monoisotopic (exact) mass is 389 g/mol. The molecule has 0 radical (unpaired) electrons. The van der Waals surface area contributed by atoms with Gasteiger partial charge in [0.25, 0.3) is 0 Å². The average Bonchev–Trinajstić information content (AvgIpc) is 3.00. The van der Waals surface area contributed by atoms with Gasteiger partial charge in [-0.15, -0.1) is 0 Å². The largest absolute Gasteiger partial charge is 0.364 e. The fraction of sp³-hybridized carbons (Fsp3) is 0.167. The Bertz CT molecular complexity index is 851. The van der Waals surface area contributed by atoms with Crippen LogP contribution < -0.4 is 16.2 Å². The summed E-state index contributed by atoms with van der Waals surface area (Å²) in [5.74, 6) is -1.82. The van der Waals surface area contributed by atoms with E-state index in [2.05, 4.69) is 26.3 Å². The zero-order valence-electron chi connectivity index (χ0n) is 12.2. The van der Waals surface area contributed by atoms with E-state index in [1.807, 2.05) is 0 Å². The Morgan fingerprint density at radius 2 is 1.96 bits per heavy atom. The second kappa shape index (κ2) is 7.55. The van der Waals surface area contributed by atoms with Crippen LogP contribution >= 0.6 is 23.8 Å². The van der Waals surface area contributed by atoms with E-state index in [1.165, 1.54) is 24.3 Å². The number of hydrogen-bond acceptors (Lipinski definition) is 7. The summed E-state index contributed by atoms with van der Waals surface area (Å²) in [4.78, 5) is 15.5. The molecule has 0 aliphatic rings. The Labute approximate surface area is 147 Å². The van der Waals surface area contributed by atoms with Gasteiger partial charge < -0.3 is 9.84 Å². The standard InChI is InChI=1S/C12H12ClN5O4S2/c1-14-12(23)17-16-10(19)11-15-9(18-22-11)6-24(20,21)8-4-2-7(13)3-5-8/h2-5H,6H2,1H3,(H,16,19)(H2,14,17,23). The Hall–Kier alpha value is -2.24. The summed E-state index contributed by atoms with van der Waals surface area (Å²) in [5, 5.41) is 6.66. The topological polar surface area (TPSA) is 126 Å². The van der Waals surface area contributed by atoms with Crippen LogP contribution in [-0.4, -0.2) is 36.6 Å². The molecular weight excluding hydrogens is 378 g/mol. The highest BCUT2D eigenvalue weighted by Crippen LogP contribution is 2.17. The minimum atomic E-state index is -3.69. The predicted molar refractivity (Wildman–Crippen MR) is 88.9 cm³/mol. The Balaban J connectivity index is 2.06. The molecule has 1 heterocycles. The number of carbonyl (C=O) groups is 1. The number of thiocarbonyl (C=S) groups is 1. The number of carbonyl (C=O) groups excluding carboxylic acids is 1. The average molecular weight is 390 g/mol. The zero-order chi connectivity index (χ0) is 17.7. The fourth-order valence-electron chi connectivity index (χ4n) is 1.53. The van der Waals surface area contributed by atoms with Crippen molar-refractivity contribution in [2.24, 2.45) is 0 Å². The second-order valence-electron chi connectivity index (χ2n) is 4.39. The van der Waals surface area contributed by atoms with Crippen molar-refractivity contribution in [2.75, 3.05) is 7.05 Å². The molecule has 3 N–H and O–H groups in total. The molecule has 2 aromatic rings. The van der Waals surface area contributed by atoms with Gasteiger partial charge >= 0.3 is 11.8 Å². The summed E-state index contributed by atoms with van der Waals surface area (Å²) in [7, 11) is -2.13. The smallest absolute Gasteiger partial charge is 0.328 e. The van der Waals surface area contributed by atoms with Crippen LogP contribution in [0.2, 0.25) is 5.02 Å². The highest BCUT2D eigenvalue weighted by molar-refractivity contribution is 7.90. The molecule has 9 nitrogen and oxygen atoms in total. The third-order valence-electron chi connectivity index (χ3n) is 2.67. The number of hydrazine groups is 1. The van der Waals surface area contributed by atoms with Crippen molar-refractivity contribution in [3.05, 3.63) is 41.0 Å². The van der Waals surface area contributed by atoms with E-state index in [1.54, 1.807) is 7.05 Å². The van der Waals surface area contributed by atoms with E-state index in [4.69, 9.17) is 28.3 Å². The first-order chi connectivity index (χ1) is 11.3. The molecule has 12 heteroatoms. The summed E-state index contributed by atoms with van der Waals surface area (Å²) in [5.41, 5.74) is 4.59. The molecule has 0 saturated carbocycles. The third-order valence-corrected chi connectivity index (χ3v) is 4.86. The molecule has 128 valence electrons. The number of nitrogens with one attached hydrogen (secondary N) is 3. The number of aromatic nitrogens is 2. The summed E-state index contributed by atoms with van der Waals surface area (Å²) >= 11 is 10.5. The fourth-order valence-corrected chi connectivity index (χ4v) is 2.88. The molecule has 0 aliphatic heterocycles. The van der Waals surface area contributed by atoms with Gasteiger partial charge in [-0.3, -0.25) is 15.6 Å². The van der Waals surface area contributed by atoms with Crippen molar-refractivity contribution < 1.29 is 17.7 Å². The SMILES string of the molecule is CNC(=S)NNC(=O)c1nc(CS(=O)(=O)c2ccc(Cl)cc2)no1. The number of amides is 1. The number of halogens is 1. The van der Waals surface area contributed by atoms with Gasteiger partial charge in [0.05, 0.1) is 4.90 Å². The number of nitrogens with zero attached hydrogens (tertiary/aromatic N) is 2. The summed E-state index contributed by atoms with van der Waals surface area (Å²) < 4.78 is 29.2. The van der Waals surface area contributed by atoms with Crippen LogP contribution in [0.5, 0.6) is 0 Å². The maximum absolute atomic E-state index is 12.2.